The van der Waals surface area contributed by atoms with Gasteiger partial charge in [-0.1, -0.05) is 36.4 Å². The van der Waals surface area contributed by atoms with Gasteiger partial charge in [0.2, 0.25) is 0 Å². The van der Waals surface area contributed by atoms with Gasteiger partial charge in [0, 0.05) is 28.9 Å². The molecule has 0 saturated carbocycles. The number of fused-ring (bicyclic) bond motifs is 1. The van der Waals surface area contributed by atoms with Crippen LogP contribution in [-0.4, -0.2) is 0 Å². The minimum Gasteiger partial charge on any atom is -0.254 e. The lowest BCUT2D eigenvalue weighted by molar-refractivity contribution is 0.780. The van der Waals surface area contributed by atoms with E-state index in [2.05, 4.69) is 75.8 Å². The van der Waals surface area contributed by atoms with E-state index in [4.69, 9.17) is 0 Å². The molecule has 2 heteroatoms. The highest BCUT2D eigenvalue weighted by atomic mass is 127. The molecule has 2 rings (SSSR count). The molecule has 1 nitrogen and oxygen atoms in total. The van der Waals surface area contributed by atoms with Crippen molar-refractivity contribution in [1.82, 2.24) is 3.53 Å². The van der Waals surface area contributed by atoms with E-state index in [1.807, 2.05) is 0 Å². The Morgan fingerprint density at radius 2 is 1.79 bits per heavy atom. The maximum absolute atomic E-state index is 3.22. The van der Waals surface area contributed by atoms with Gasteiger partial charge < -0.3 is 0 Å². The summed E-state index contributed by atoms with van der Waals surface area (Å²) in [6.45, 7) is 2.16. The van der Waals surface area contributed by atoms with Crippen LogP contribution in [0.2, 0.25) is 0 Å². The Balaban J connectivity index is 2.51. The van der Waals surface area contributed by atoms with E-state index in [0.717, 1.165) is 0 Å². The van der Waals surface area contributed by atoms with E-state index in [1.165, 1.54) is 16.3 Å². The van der Waals surface area contributed by atoms with E-state index in [0.29, 0.717) is 6.04 Å². The molecule has 0 aliphatic carbocycles. The van der Waals surface area contributed by atoms with E-state index >= 15 is 0 Å². The molecule has 0 aliphatic rings. The minimum absolute atomic E-state index is 0.403. The molecule has 0 saturated heterocycles. The van der Waals surface area contributed by atoms with Gasteiger partial charge in [0.15, 0.2) is 0 Å². The van der Waals surface area contributed by atoms with Gasteiger partial charge in [-0.25, -0.2) is 0 Å². The summed E-state index contributed by atoms with van der Waals surface area (Å²) >= 11 is 2.19. The molecule has 0 fully saturated rings. The molecule has 0 aliphatic heterocycles. The fourth-order valence-electron chi connectivity index (χ4n) is 1.54. The molecule has 0 bridgehead atoms. The second-order valence-electron chi connectivity index (χ2n) is 3.44. The van der Waals surface area contributed by atoms with E-state index in [1.54, 1.807) is 0 Å². The molecular formula is C12H12IN. The third kappa shape index (κ3) is 1.91. The Hall–Kier alpha value is -0.610. The zero-order valence-corrected chi connectivity index (χ0v) is 10.2. The number of hydrogen-bond acceptors (Lipinski definition) is 1. The fourth-order valence-corrected chi connectivity index (χ4v) is 1.90. The van der Waals surface area contributed by atoms with Gasteiger partial charge in [-0.3, -0.25) is 3.53 Å². The van der Waals surface area contributed by atoms with Crippen LogP contribution in [0.4, 0.5) is 0 Å². The lowest BCUT2D eigenvalue weighted by atomic mass is 10.0. The average Bonchev–Trinajstić information content (AvgIpc) is 2.27. The third-order valence-corrected chi connectivity index (χ3v) is 3.37. The van der Waals surface area contributed by atoms with Crippen LogP contribution in [0.25, 0.3) is 10.8 Å². The van der Waals surface area contributed by atoms with E-state index in [-0.39, 0.29) is 0 Å². The van der Waals surface area contributed by atoms with Crippen molar-refractivity contribution in [2.24, 2.45) is 0 Å². The standard InChI is InChI=1S/C12H12IN/c1-9(14-13)11-7-6-10-4-2-3-5-12(10)8-11/h2-9,14H,1H3. The van der Waals surface area contributed by atoms with Crippen LogP contribution in [0.1, 0.15) is 18.5 Å². The van der Waals surface area contributed by atoms with Gasteiger partial charge in [-0.15, -0.1) is 0 Å². The van der Waals surface area contributed by atoms with Crippen molar-refractivity contribution < 1.29 is 0 Å². The summed E-state index contributed by atoms with van der Waals surface area (Å²) in [5.41, 5.74) is 1.33. The summed E-state index contributed by atoms with van der Waals surface area (Å²) in [6, 6.07) is 15.4. The third-order valence-electron chi connectivity index (χ3n) is 2.44. The maximum Gasteiger partial charge on any atom is 0.0385 e. The molecule has 14 heavy (non-hydrogen) atoms. The zero-order valence-electron chi connectivity index (χ0n) is 8.00. The first kappa shape index (κ1) is 9.93. The van der Waals surface area contributed by atoms with Crippen LogP contribution in [0.3, 0.4) is 0 Å². The van der Waals surface area contributed by atoms with Crippen molar-refractivity contribution in [3.63, 3.8) is 0 Å². The lowest BCUT2D eigenvalue weighted by Crippen LogP contribution is -2.05. The summed E-state index contributed by atoms with van der Waals surface area (Å²) in [4.78, 5) is 0. The van der Waals surface area contributed by atoms with Crippen molar-refractivity contribution in [3.05, 3.63) is 48.0 Å². The quantitative estimate of drug-likeness (QED) is 0.656. The van der Waals surface area contributed by atoms with Gasteiger partial charge in [0.1, 0.15) is 0 Å². The molecule has 2 aromatic rings. The minimum atomic E-state index is 0.403. The van der Waals surface area contributed by atoms with Gasteiger partial charge in [-0.05, 0) is 29.3 Å². The smallest absolute Gasteiger partial charge is 0.0385 e. The fraction of sp³-hybridized carbons (Fsp3) is 0.167. The van der Waals surface area contributed by atoms with Gasteiger partial charge >= 0.3 is 0 Å². The Morgan fingerprint density at radius 3 is 2.50 bits per heavy atom. The highest BCUT2D eigenvalue weighted by molar-refractivity contribution is 14.1. The molecule has 1 N–H and O–H groups in total. The molecular weight excluding hydrogens is 285 g/mol. The number of rotatable bonds is 2. The van der Waals surface area contributed by atoms with Crippen molar-refractivity contribution in [1.29, 1.82) is 0 Å². The molecule has 1 unspecified atom stereocenters. The molecule has 2 aromatic carbocycles. The van der Waals surface area contributed by atoms with E-state index in [9.17, 15) is 0 Å². The summed E-state index contributed by atoms with van der Waals surface area (Å²) in [5, 5.41) is 2.61. The number of nitrogens with one attached hydrogen (secondary N) is 1. The van der Waals surface area contributed by atoms with Crippen LogP contribution in [0.15, 0.2) is 42.5 Å². The normalized spacial score (nSPS) is 13.0. The van der Waals surface area contributed by atoms with Crippen LogP contribution in [-0.2, 0) is 0 Å². The molecule has 72 valence electrons. The van der Waals surface area contributed by atoms with Crippen LogP contribution in [0.5, 0.6) is 0 Å². The molecule has 0 radical (unpaired) electrons. The highest BCUT2D eigenvalue weighted by Gasteiger charge is 2.02. The first-order valence-electron chi connectivity index (χ1n) is 4.66. The van der Waals surface area contributed by atoms with E-state index < -0.39 is 0 Å². The van der Waals surface area contributed by atoms with Gasteiger partial charge in [0.05, 0.1) is 0 Å². The summed E-state index contributed by atoms with van der Waals surface area (Å²) in [6.07, 6.45) is 0. The molecule has 0 heterocycles. The zero-order chi connectivity index (χ0) is 9.97. The lowest BCUT2D eigenvalue weighted by Gasteiger charge is -2.09. The van der Waals surface area contributed by atoms with Crippen molar-refractivity contribution in [2.45, 2.75) is 13.0 Å². The van der Waals surface area contributed by atoms with Gasteiger partial charge in [-0.2, -0.15) is 0 Å². The largest absolute Gasteiger partial charge is 0.254 e. The number of benzene rings is 2. The highest BCUT2D eigenvalue weighted by Crippen LogP contribution is 2.20. The van der Waals surface area contributed by atoms with Crippen molar-refractivity contribution in [2.75, 3.05) is 0 Å². The topological polar surface area (TPSA) is 12.0 Å². The Labute approximate surface area is 98.0 Å². The first-order valence-corrected chi connectivity index (χ1v) is 5.74. The Morgan fingerprint density at radius 1 is 1.07 bits per heavy atom. The molecule has 0 spiro atoms. The second-order valence-corrected chi connectivity index (χ2v) is 4.06. The predicted octanol–water partition coefficient (Wildman–Crippen LogP) is 3.84. The predicted molar refractivity (Wildman–Crippen MR) is 69.5 cm³/mol. The summed E-state index contributed by atoms with van der Waals surface area (Å²) in [5.74, 6) is 0. The summed E-state index contributed by atoms with van der Waals surface area (Å²) < 4.78 is 3.22. The Kier molecular flexibility index (Phi) is 3.03. The monoisotopic (exact) mass is 297 g/mol. The van der Waals surface area contributed by atoms with Gasteiger partial charge in [0.25, 0.3) is 0 Å². The van der Waals surface area contributed by atoms with Crippen LogP contribution >= 0.6 is 22.9 Å². The second kappa shape index (κ2) is 4.28. The van der Waals surface area contributed by atoms with Crippen molar-refractivity contribution in [3.8, 4) is 0 Å². The Bertz CT molecular complexity index is 439. The first-order chi connectivity index (χ1) is 6.81. The van der Waals surface area contributed by atoms with Crippen LogP contribution in [0, 0.1) is 0 Å². The average molecular weight is 297 g/mol. The number of hydrogen-bond donors (Lipinski definition) is 1. The SMILES string of the molecule is CC(NI)c1ccc2ccccc2c1. The molecule has 0 amide bonds. The van der Waals surface area contributed by atoms with Crippen LogP contribution < -0.4 is 3.53 Å². The molecule has 1 atom stereocenters. The molecule has 0 aromatic heterocycles. The number of halogens is 1. The summed E-state index contributed by atoms with van der Waals surface area (Å²) in [7, 11) is 0. The maximum atomic E-state index is 3.22. The van der Waals surface area contributed by atoms with Crippen molar-refractivity contribution >= 4 is 33.6 Å².